The van der Waals surface area contributed by atoms with Gasteiger partial charge < -0.3 is 14.4 Å². The van der Waals surface area contributed by atoms with Crippen molar-refractivity contribution in [2.45, 2.75) is 17.9 Å². The third kappa shape index (κ3) is 4.68. The predicted octanol–water partition coefficient (Wildman–Crippen LogP) is 4.02. The van der Waals surface area contributed by atoms with Crippen LogP contribution in [0.25, 0.3) is 0 Å². The van der Waals surface area contributed by atoms with Gasteiger partial charge in [-0.3, -0.25) is 4.79 Å². The minimum Gasteiger partial charge on any atom is -0.497 e. The summed E-state index contributed by atoms with van der Waals surface area (Å²) in [5.74, 6) is 2.13. The molecule has 1 amide bonds. The molecule has 0 N–H and O–H groups in total. The lowest BCUT2D eigenvalue weighted by Crippen LogP contribution is -2.31. The van der Waals surface area contributed by atoms with Gasteiger partial charge in [-0.15, -0.1) is 11.8 Å². The number of methoxy groups -OCH3 is 2. The van der Waals surface area contributed by atoms with Gasteiger partial charge in [-0.1, -0.05) is 12.1 Å². The highest BCUT2D eigenvalue weighted by Gasteiger charge is 2.17. The maximum Gasteiger partial charge on any atom is 0.233 e. The van der Waals surface area contributed by atoms with Crippen molar-refractivity contribution in [3.63, 3.8) is 0 Å². The third-order valence-corrected chi connectivity index (χ3v) is 4.99. The number of amides is 1. The van der Waals surface area contributed by atoms with Crippen molar-refractivity contribution in [1.82, 2.24) is 4.90 Å². The molecule has 2 aromatic carbocycles. The monoisotopic (exact) mass is 345 g/mol. The summed E-state index contributed by atoms with van der Waals surface area (Å²) in [6, 6.07) is 15.5. The minimum absolute atomic E-state index is 0.0138. The van der Waals surface area contributed by atoms with Crippen molar-refractivity contribution < 1.29 is 14.3 Å². The van der Waals surface area contributed by atoms with Crippen LogP contribution in [-0.4, -0.2) is 37.8 Å². The summed E-state index contributed by atoms with van der Waals surface area (Å²) in [6.07, 6.45) is 0. The molecule has 0 radical (unpaired) electrons. The molecule has 0 heterocycles. The lowest BCUT2D eigenvalue weighted by Gasteiger charge is -2.25. The second kappa shape index (κ2) is 8.64. The zero-order valence-corrected chi connectivity index (χ0v) is 15.3. The zero-order valence-electron chi connectivity index (χ0n) is 14.5. The van der Waals surface area contributed by atoms with Crippen LogP contribution in [0.4, 0.5) is 0 Å². The first-order valence-electron chi connectivity index (χ1n) is 7.71. The molecule has 0 aliphatic rings. The maximum absolute atomic E-state index is 12.4. The molecule has 128 valence electrons. The first-order chi connectivity index (χ1) is 11.5. The van der Waals surface area contributed by atoms with E-state index >= 15 is 0 Å². The van der Waals surface area contributed by atoms with E-state index in [1.807, 2.05) is 62.5 Å². The average Bonchev–Trinajstić information content (AvgIpc) is 2.65. The summed E-state index contributed by atoms with van der Waals surface area (Å²) >= 11 is 1.53. The molecule has 24 heavy (non-hydrogen) atoms. The van der Waals surface area contributed by atoms with E-state index in [-0.39, 0.29) is 11.9 Å². The van der Waals surface area contributed by atoms with Crippen molar-refractivity contribution in [3.05, 3.63) is 54.1 Å². The fourth-order valence-corrected chi connectivity index (χ4v) is 3.06. The Kier molecular flexibility index (Phi) is 6.55. The van der Waals surface area contributed by atoms with Crippen LogP contribution in [0.2, 0.25) is 0 Å². The summed E-state index contributed by atoms with van der Waals surface area (Å²) in [5.41, 5.74) is 1.08. The Hall–Kier alpha value is -2.14. The molecule has 4 nitrogen and oxygen atoms in total. The number of hydrogen-bond donors (Lipinski definition) is 0. The van der Waals surface area contributed by atoms with Gasteiger partial charge in [0.2, 0.25) is 5.91 Å². The summed E-state index contributed by atoms with van der Waals surface area (Å²) < 4.78 is 10.3. The Morgan fingerprint density at radius 1 is 1.00 bits per heavy atom. The van der Waals surface area contributed by atoms with Crippen LogP contribution >= 0.6 is 11.8 Å². The van der Waals surface area contributed by atoms with Crippen molar-refractivity contribution in [1.29, 1.82) is 0 Å². The fourth-order valence-electron chi connectivity index (χ4n) is 2.24. The molecule has 0 aromatic heterocycles. The van der Waals surface area contributed by atoms with E-state index in [2.05, 4.69) is 0 Å². The number of carbonyl (C=O) groups is 1. The highest BCUT2D eigenvalue weighted by Crippen LogP contribution is 2.25. The van der Waals surface area contributed by atoms with E-state index in [9.17, 15) is 4.79 Å². The minimum atomic E-state index is 0.0138. The third-order valence-electron chi connectivity index (χ3n) is 3.99. The summed E-state index contributed by atoms with van der Waals surface area (Å²) in [7, 11) is 5.12. The molecule has 0 saturated carbocycles. The number of benzene rings is 2. The van der Waals surface area contributed by atoms with Gasteiger partial charge >= 0.3 is 0 Å². The lowest BCUT2D eigenvalue weighted by atomic mass is 10.1. The lowest BCUT2D eigenvalue weighted by molar-refractivity contribution is -0.128. The Morgan fingerprint density at radius 3 is 2.00 bits per heavy atom. The van der Waals surface area contributed by atoms with Gasteiger partial charge in [0.15, 0.2) is 0 Å². The summed E-state index contributed by atoms with van der Waals surface area (Å²) in [4.78, 5) is 15.3. The predicted molar refractivity (Wildman–Crippen MR) is 97.9 cm³/mol. The van der Waals surface area contributed by atoms with E-state index in [0.717, 1.165) is 22.0 Å². The van der Waals surface area contributed by atoms with Crippen LogP contribution in [0, 0.1) is 0 Å². The zero-order chi connectivity index (χ0) is 17.5. The van der Waals surface area contributed by atoms with E-state index in [4.69, 9.17) is 9.47 Å². The van der Waals surface area contributed by atoms with Gasteiger partial charge in [-0.25, -0.2) is 0 Å². The SMILES string of the molecule is COc1ccc(SCC(=O)N(C)C(C)c2ccc(OC)cc2)cc1. The van der Waals surface area contributed by atoms with Crippen LogP contribution in [0.5, 0.6) is 11.5 Å². The van der Waals surface area contributed by atoms with Gasteiger partial charge in [0.05, 0.1) is 26.0 Å². The molecule has 1 atom stereocenters. The Morgan fingerprint density at radius 2 is 1.50 bits per heavy atom. The van der Waals surface area contributed by atoms with Gasteiger partial charge in [0.1, 0.15) is 11.5 Å². The van der Waals surface area contributed by atoms with E-state index in [1.54, 1.807) is 19.1 Å². The molecule has 2 aromatic rings. The molecular weight excluding hydrogens is 322 g/mol. The quantitative estimate of drug-likeness (QED) is 0.711. The molecule has 0 aliphatic carbocycles. The van der Waals surface area contributed by atoms with Gasteiger partial charge in [-0.2, -0.15) is 0 Å². The first-order valence-corrected chi connectivity index (χ1v) is 8.70. The normalized spacial score (nSPS) is 11.7. The second-order valence-electron chi connectivity index (χ2n) is 5.42. The summed E-state index contributed by atoms with van der Waals surface area (Å²) in [6.45, 7) is 2.03. The van der Waals surface area contributed by atoms with Gasteiger partial charge in [-0.05, 0) is 48.9 Å². The van der Waals surface area contributed by atoms with Crippen LogP contribution < -0.4 is 9.47 Å². The molecule has 5 heteroatoms. The fraction of sp³-hybridized carbons (Fsp3) is 0.316. The Bertz CT molecular complexity index is 655. The molecule has 0 fully saturated rings. The number of ether oxygens (including phenoxy) is 2. The number of rotatable bonds is 7. The van der Waals surface area contributed by atoms with Gasteiger partial charge in [0.25, 0.3) is 0 Å². The van der Waals surface area contributed by atoms with E-state index in [0.29, 0.717) is 5.75 Å². The van der Waals surface area contributed by atoms with E-state index in [1.165, 1.54) is 11.8 Å². The maximum atomic E-state index is 12.4. The van der Waals surface area contributed by atoms with Crippen LogP contribution in [-0.2, 0) is 4.79 Å². The molecule has 1 unspecified atom stereocenters. The van der Waals surface area contributed by atoms with Crippen LogP contribution in [0.15, 0.2) is 53.4 Å². The molecule has 0 spiro atoms. The first kappa shape index (κ1) is 18.2. The number of hydrogen-bond acceptors (Lipinski definition) is 4. The number of carbonyl (C=O) groups excluding carboxylic acids is 1. The Labute approximate surface area is 147 Å². The molecule has 0 saturated heterocycles. The van der Waals surface area contributed by atoms with Crippen LogP contribution in [0.1, 0.15) is 18.5 Å². The highest BCUT2D eigenvalue weighted by molar-refractivity contribution is 8.00. The van der Waals surface area contributed by atoms with Crippen molar-refractivity contribution in [3.8, 4) is 11.5 Å². The molecule has 0 aliphatic heterocycles. The van der Waals surface area contributed by atoms with E-state index < -0.39 is 0 Å². The number of thioether (sulfide) groups is 1. The van der Waals surface area contributed by atoms with Crippen molar-refractivity contribution in [2.24, 2.45) is 0 Å². The topological polar surface area (TPSA) is 38.8 Å². The van der Waals surface area contributed by atoms with Crippen molar-refractivity contribution in [2.75, 3.05) is 27.0 Å². The van der Waals surface area contributed by atoms with Gasteiger partial charge in [0, 0.05) is 11.9 Å². The number of nitrogens with zero attached hydrogens (tertiary/aromatic N) is 1. The molecule has 2 rings (SSSR count). The molecule has 0 bridgehead atoms. The van der Waals surface area contributed by atoms with Crippen LogP contribution in [0.3, 0.4) is 0 Å². The smallest absolute Gasteiger partial charge is 0.233 e. The molecular formula is C19H23NO3S. The van der Waals surface area contributed by atoms with Crippen molar-refractivity contribution >= 4 is 17.7 Å². The largest absolute Gasteiger partial charge is 0.497 e. The second-order valence-corrected chi connectivity index (χ2v) is 6.47. The average molecular weight is 345 g/mol. The highest BCUT2D eigenvalue weighted by atomic mass is 32.2. The standard InChI is InChI=1S/C19H23NO3S/c1-14(15-5-7-16(22-3)8-6-15)20(2)19(21)13-24-18-11-9-17(23-4)10-12-18/h5-12,14H,13H2,1-4H3. The summed E-state index contributed by atoms with van der Waals surface area (Å²) in [5, 5.41) is 0. The Balaban J connectivity index is 1.92.